The van der Waals surface area contributed by atoms with Crippen molar-refractivity contribution < 1.29 is 0 Å². The van der Waals surface area contributed by atoms with Crippen molar-refractivity contribution in [3.8, 4) is 0 Å². The summed E-state index contributed by atoms with van der Waals surface area (Å²) in [6.45, 7) is 6.88. The van der Waals surface area contributed by atoms with Gasteiger partial charge < -0.3 is 0 Å². The number of hydrogen-bond donors (Lipinski definition) is 0. The Kier molecular flexibility index (Phi) is 3.64. The van der Waals surface area contributed by atoms with Crippen molar-refractivity contribution in [1.82, 2.24) is 4.90 Å². The molecule has 0 N–H and O–H groups in total. The minimum atomic E-state index is 0.806. The summed E-state index contributed by atoms with van der Waals surface area (Å²) in [6.07, 6.45) is 8.59. The number of hydrogen-bond acceptors (Lipinski definition) is 1. The zero-order valence-electron chi connectivity index (χ0n) is 7.71. The van der Waals surface area contributed by atoms with Gasteiger partial charge in [-0.1, -0.05) is 18.6 Å². The van der Waals surface area contributed by atoms with Crippen LogP contribution in [0, 0.1) is 0 Å². The van der Waals surface area contributed by atoms with Crippen LogP contribution in [-0.2, 0) is 0 Å². The molecule has 1 heteroatoms. The lowest BCUT2D eigenvalue weighted by atomic mass is 10.0. The summed E-state index contributed by atoms with van der Waals surface area (Å²) in [5.74, 6) is 0. The van der Waals surface area contributed by atoms with Crippen molar-refractivity contribution in [1.29, 1.82) is 0 Å². The minimum absolute atomic E-state index is 0.806. The Bertz CT molecular complexity index is 129. The van der Waals surface area contributed by atoms with Crippen molar-refractivity contribution in [3.05, 3.63) is 12.2 Å². The van der Waals surface area contributed by atoms with E-state index in [9.17, 15) is 0 Å². The molecule has 0 aromatic rings. The molecule has 1 atom stereocenters. The first-order valence-electron chi connectivity index (χ1n) is 4.70. The zero-order valence-corrected chi connectivity index (χ0v) is 7.71. The van der Waals surface area contributed by atoms with E-state index in [1.807, 2.05) is 0 Å². The largest absolute Gasteiger partial charge is 0.297 e. The Labute approximate surface area is 70.1 Å². The first-order chi connectivity index (χ1) is 5.34. The fourth-order valence-electron chi connectivity index (χ4n) is 1.67. The molecule has 1 heterocycles. The summed E-state index contributed by atoms with van der Waals surface area (Å²) < 4.78 is 0. The summed E-state index contributed by atoms with van der Waals surface area (Å²) in [7, 11) is 0. The van der Waals surface area contributed by atoms with Gasteiger partial charge in [-0.3, -0.25) is 4.90 Å². The predicted molar refractivity (Wildman–Crippen MR) is 49.7 cm³/mol. The SMILES string of the molecule is C/C=C\CN1CCCCC1C. The van der Waals surface area contributed by atoms with E-state index in [1.54, 1.807) is 0 Å². The van der Waals surface area contributed by atoms with Crippen LogP contribution >= 0.6 is 0 Å². The van der Waals surface area contributed by atoms with Gasteiger partial charge in [0.1, 0.15) is 0 Å². The Morgan fingerprint density at radius 3 is 2.91 bits per heavy atom. The van der Waals surface area contributed by atoms with E-state index in [-0.39, 0.29) is 0 Å². The molecule has 1 unspecified atom stereocenters. The number of piperidine rings is 1. The fourth-order valence-corrected chi connectivity index (χ4v) is 1.67. The van der Waals surface area contributed by atoms with Crippen LogP contribution in [0.25, 0.3) is 0 Å². The lowest BCUT2D eigenvalue weighted by Crippen LogP contribution is -2.37. The molecule has 1 nitrogen and oxygen atoms in total. The van der Waals surface area contributed by atoms with Crippen molar-refractivity contribution in [2.24, 2.45) is 0 Å². The Morgan fingerprint density at radius 1 is 1.45 bits per heavy atom. The summed E-state index contributed by atoms with van der Waals surface area (Å²) in [4.78, 5) is 2.56. The molecule has 0 spiro atoms. The molecule has 0 saturated carbocycles. The number of allylic oxidation sites excluding steroid dienone is 1. The lowest BCUT2D eigenvalue weighted by molar-refractivity contribution is 0.179. The lowest BCUT2D eigenvalue weighted by Gasteiger charge is -2.32. The summed E-state index contributed by atoms with van der Waals surface area (Å²) in [5, 5.41) is 0. The third-order valence-electron chi connectivity index (χ3n) is 2.52. The number of likely N-dealkylation sites (tertiary alicyclic amines) is 1. The third-order valence-corrected chi connectivity index (χ3v) is 2.52. The smallest absolute Gasteiger partial charge is 0.0165 e. The fraction of sp³-hybridized carbons (Fsp3) is 0.800. The second-order valence-electron chi connectivity index (χ2n) is 3.41. The van der Waals surface area contributed by atoms with Crippen LogP contribution in [0.2, 0.25) is 0 Å². The van der Waals surface area contributed by atoms with Gasteiger partial charge in [0.15, 0.2) is 0 Å². The molecule has 1 rings (SSSR count). The monoisotopic (exact) mass is 153 g/mol. The highest BCUT2D eigenvalue weighted by molar-refractivity contribution is 4.84. The molecule has 0 aliphatic carbocycles. The normalized spacial score (nSPS) is 28.0. The molecule has 1 aliphatic rings. The van der Waals surface area contributed by atoms with Gasteiger partial charge in [0.05, 0.1) is 0 Å². The molecule has 1 aliphatic heterocycles. The van der Waals surface area contributed by atoms with Gasteiger partial charge in [-0.25, -0.2) is 0 Å². The number of rotatable bonds is 2. The minimum Gasteiger partial charge on any atom is -0.297 e. The van der Waals surface area contributed by atoms with Crippen LogP contribution in [0.15, 0.2) is 12.2 Å². The van der Waals surface area contributed by atoms with E-state index in [0.29, 0.717) is 0 Å². The Hall–Kier alpha value is -0.300. The maximum atomic E-state index is 2.56. The van der Waals surface area contributed by atoms with Gasteiger partial charge in [-0.2, -0.15) is 0 Å². The van der Waals surface area contributed by atoms with E-state index < -0.39 is 0 Å². The van der Waals surface area contributed by atoms with E-state index in [2.05, 4.69) is 30.9 Å². The van der Waals surface area contributed by atoms with Crippen molar-refractivity contribution in [2.75, 3.05) is 13.1 Å². The molecular weight excluding hydrogens is 134 g/mol. The van der Waals surface area contributed by atoms with Crippen molar-refractivity contribution in [3.63, 3.8) is 0 Å². The number of nitrogens with zero attached hydrogens (tertiary/aromatic N) is 1. The van der Waals surface area contributed by atoms with Crippen LogP contribution in [0.1, 0.15) is 33.1 Å². The highest BCUT2D eigenvalue weighted by Crippen LogP contribution is 2.15. The topological polar surface area (TPSA) is 3.24 Å². The van der Waals surface area contributed by atoms with Gasteiger partial charge >= 0.3 is 0 Å². The zero-order chi connectivity index (χ0) is 8.10. The molecule has 0 aromatic carbocycles. The van der Waals surface area contributed by atoms with Crippen molar-refractivity contribution >= 4 is 0 Å². The first-order valence-corrected chi connectivity index (χ1v) is 4.70. The summed E-state index contributed by atoms with van der Waals surface area (Å²) in [5.41, 5.74) is 0. The van der Waals surface area contributed by atoms with E-state index in [1.165, 1.54) is 25.8 Å². The van der Waals surface area contributed by atoms with E-state index in [0.717, 1.165) is 12.6 Å². The molecule has 0 amide bonds. The maximum absolute atomic E-state index is 2.56. The molecule has 64 valence electrons. The third kappa shape index (κ3) is 2.66. The van der Waals surface area contributed by atoms with Crippen LogP contribution in [-0.4, -0.2) is 24.0 Å². The molecule has 11 heavy (non-hydrogen) atoms. The average molecular weight is 153 g/mol. The first kappa shape index (κ1) is 8.79. The van der Waals surface area contributed by atoms with E-state index >= 15 is 0 Å². The second kappa shape index (κ2) is 4.55. The van der Waals surface area contributed by atoms with Gasteiger partial charge in [0.2, 0.25) is 0 Å². The van der Waals surface area contributed by atoms with Crippen LogP contribution in [0.3, 0.4) is 0 Å². The average Bonchev–Trinajstić information content (AvgIpc) is 2.03. The quantitative estimate of drug-likeness (QED) is 0.551. The van der Waals surface area contributed by atoms with Gasteiger partial charge in [0, 0.05) is 12.6 Å². The van der Waals surface area contributed by atoms with E-state index in [4.69, 9.17) is 0 Å². The van der Waals surface area contributed by atoms with Crippen LogP contribution in [0.4, 0.5) is 0 Å². The molecule has 0 bridgehead atoms. The molecular formula is C10H19N. The van der Waals surface area contributed by atoms with Crippen molar-refractivity contribution in [2.45, 2.75) is 39.2 Å². The predicted octanol–water partition coefficient (Wildman–Crippen LogP) is 2.44. The highest BCUT2D eigenvalue weighted by atomic mass is 15.1. The standard InChI is InChI=1S/C10H19N/c1-3-4-8-11-9-6-5-7-10(11)2/h3-4,10H,5-9H2,1-2H3/b4-3-. The Morgan fingerprint density at radius 2 is 2.27 bits per heavy atom. The molecule has 1 fully saturated rings. The Balaban J connectivity index is 2.29. The van der Waals surface area contributed by atoms with Gasteiger partial charge in [0.25, 0.3) is 0 Å². The van der Waals surface area contributed by atoms with Crippen LogP contribution < -0.4 is 0 Å². The molecule has 0 aromatic heterocycles. The molecule has 1 saturated heterocycles. The van der Waals surface area contributed by atoms with Gasteiger partial charge in [-0.15, -0.1) is 0 Å². The summed E-state index contributed by atoms with van der Waals surface area (Å²) in [6, 6.07) is 0.806. The highest BCUT2D eigenvalue weighted by Gasteiger charge is 2.15. The molecule has 0 radical (unpaired) electrons. The summed E-state index contributed by atoms with van der Waals surface area (Å²) >= 11 is 0. The maximum Gasteiger partial charge on any atom is 0.0165 e. The van der Waals surface area contributed by atoms with Gasteiger partial charge in [-0.05, 0) is 33.2 Å². The van der Waals surface area contributed by atoms with Crippen LogP contribution in [0.5, 0.6) is 0 Å². The second-order valence-corrected chi connectivity index (χ2v) is 3.41.